The number of hydrogen-bond donors (Lipinski definition) is 2. The molecule has 0 aliphatic carbocycles. The summed E-state index contributed by atoms with van der Waals surface area (Å²) in [6.45, 7) is 7.20. The van der Waals surface area contributed by atoms with Crippen LogP contribution in [0.5, 0.6) is 5.75 Å². The molecule has 0 spiro atoms. The van der Waals surface area contributed by atoms with E-state index in [0.717, 1.165) is 30.7 Å². The van der Waals surface area contributed by atoms with Crippen LogP contribution in [0.2, 0.25) is 0 Å². The number of benzene rings is 1. The molecule has 0 aromatic heterocycles. The quantitative estimate of drug-likeness (QED) is 0.783. The number of nitrogens with one attached hydrogen (secondary N) is 1. The Hall–Kier alpha value is -1.06. The first-order valence-electron chi connectivity index (χ1n) is 6.60. The van der Waals surface area contributed by atoms with Crippen molar-refractivity contribution < 1.29 is 9.84 Å². The lowest BCUT2D eigenvalue weighted by Gasteiger charge is -2.31. The molecule has 0 saturated carbocycles. The summed E-state index contributed by atoms with van der Waals surface area (Å²) < 4.78 is 5.25. The maximum Gasteiger partial charge on any atom is 0.121 e. The van der Waals surface area contributed by atoms with Crippen molar-refractivity contribution >= 4 is 0 Å². The number of aliphatic hydroxyl groups excluding tert-OH is 1. The predicted octanol–water partition coefficient (Wildman–Crippen LogP) is 2.64. The number of hydrogen-bond acceptors (Lipinski definition) is 3. The summed E-state index contributed by atoms with van der Waals surface area (Å²) in [7, 11) is 1.69. The summed E-state index contributed by atoms with van der Waals surface area (Å²) in [5.74, 6) is 0.915. The molecular formula is C15H25NO2. The van der Waals surface area contributed by atoms with Gasteiger partial charge in [-0.1, -0.05) is 26.0 Å². The van der Waals surface area contributed by atoms with E-state index in [0.29, 0.717) is 0 Å². The van der Waals surface area contributed by atoms with Crippen molar-refractivity contribution in [3.63, 3.8) is 0 Å². The minimum absolute atomic E-state index is 0.159. The molecule has 0 atom stereocenters. The SMILES string of the molecule is CCC(CC)(CO)NCc1ccc(OC)c(C)c1. The monoisotopic (exact) mass is 251 g/mol. The average molecular weight is 251 g/mol. The zero-order valence-corrected chi connectivity index (χ0v) is 11.9. The van der Waals surface area contributed by atoms with Crippen LogP contribution < -0.4 is 10.1 Å². The second-order valence-corrected chi connectivity index (χ2v) is 4.80. The average Bonchev–Trinajstić information content (AvgIpc) is 2.41. The maximum absolute atomic E-state index is 9.51. The highest BCUT2D eigenvalue weighted by Crippen LogP contribution is 2.20. The second kappa shape index (κ2) is 6.76. The molecule has 3 heteroatoms. The van der Waals surface area contributed by atoms with Crippen molar-refractivity contribution in [3.8, 4) is 5.75 Å². The molecule has 102 valence electrons. The van der Waals surface area contributed by atoms with Crippen molar-refractivity contribution in [3.05, 3.63) is 29.3 Å². The van der Waals surface area contributed by atoms with E-state index < -0.39 is 0 Å². The van der Waals surface area contributed by atoms with E-state index in [-0.39, 0.29) is 12.1 Å². The highest BCUT2D eigenvalue weighted by atomic mass is 16.5. The van der Waals surface area contributed by atoms with Crippen molar-refractivity contribution in [2.45, 2.75) is 45.7 Å². The van der Waals surface area contributed by atoms with E-state index in [1.807, 2.05) is 13.0 Å². The summed E-state index contributed by atoms with van der Waals surface area (Å²) in [6, 6.07) is 6.18. The summed E-state index contributed by atoms with van der Waals surface area (Å²) in [6.07, 6.45) is 1.85. The van der Waals surface area contributed by atoms with Gasteiger partial charge in [0.1, 0.15) is 5.75 Å². The van der Waals surface area contributed by atoms with Gasteiger partial charge in [-0.25, -0.2) is 0 Å². The first kappa shape index (κ1) is 15.0. The number of ether oxygens (including phenoxy) is 1. The van der Waals surface area contributed by atoms with Crippen LogP contribution in [0.25, 0.3) is 0 Å². The molecule has 1 aromatic carbocycles. The highest BCUT2D eigenvalue weighted by molar-refractivity contribution is 5.36. The van der Waals surface area contributed by atoms with Crippen molar-refractivity contribution in [1.29, 1.82) is 0 Å². The van der Waals surface area contributed by atoms with E-state index >= 15 is 0 Å². The molecule has 0 saturated heterocycles. The van der Waals surface area contributed by atoms with Gasteiger partial charge in [0.05, 0.1) is 13.7 Å². The van der Waals surface area contributed by atoms with Gasteiger partial charge in [-0.3, -0.25) is 0 Å². The van der Waals surface area contributed by atoms with Crippen LogP contribution in [0.4, 0.5) is 0 Å². The molecule has 0 amide bonds. The number of aryl methyl sites for hydroxylation is 1. The minimum Gasteiger partial charge on any atom is -0.496 e. The molecule has 0 aliphatic rings. The van der Waals surface area contributed by atoms with Crippen LogP contribution in [0, 0.1) is 6.92 Å². The van der Waals surface area contributed by atoms with Gasteiger partial charge in [-0.2, -0.15) is 0 Å². The lowest BCUT2D eigenvalue weighted by molar-refractivity contribution is 0.149. The Balaban J connectivity index is 2.71. The molecule has 0 heterocycles. The lowest BCUT2D eigenvalue weighted by atomic mass is 9.93. The van der Waals surface area contributed by atoms with Crippen LogP contribution in [-0.2, 0) is 6.54 Å². The van der Waals surface area contributed by atoms with Gasteiger partial charge in [0, 0.05) is 12.1 Å². The van der Waals surface area contributed by atoms with Gasteiger partial charge >= 0.3 is 0 Å². The summed E-state index contributed by atoms with van der Waals surface area (Å²) in [4.78, 5) is 0. The van der Waals surface area contributed by atoms with E-state index in [4.69, 9.17) is 4.74 Å². The third-order valence-corrected chi connectivity index (χ3v) is 3.78. The molecular weight excluding hydrogens is 226 g/mol. The van der Waals surface area contributed by atoms with Crippen molar-refractivity contribution in [2.75, 3.05) is 13.7 Å². The Labute approximate surface area is 110 Å². The van der Waals surface area contributed by atoms with Crippen LogP contribution >= 0.6 is 0 Å². The molecule has 0 bridgehead atoms. The van der Waals surface area contributed by atoms with E-state index in [1.54, 1.807) is 7.11 Å². The smallest absolute Gasteiger partial charge is 0.121 e. The fraction of sp³-hybridized carbons (Fsp3) is 0.600. The summed E-state index contributed by atoms with van der Waals surface area (Å²) >= 11 is 0. The molecule has 1 rings (SSSR count). The molecule has 0 aliphatic heterocycles. The molecule has 1 aromatic rings. The van der Waals surface area contributed by atoms with E-state index in [9.17, 15) is 5.11 Å². The van der Waals surface area contributed by atoms with Gasteiger partial charge < -0.3 is 15.2 Å². The second-order valence-electron chi connectivity index (χ2n) is 4.80. The van der Waals surface area contributed by atoms with Crippen molar-refractivity contribution in [2.24, 2.45) is 0 Å². The third kappa shape index (κ3) is 3.47. The van der Waals surface area contributed by atoms with Crippen LogP contribution in [0.15, 0.2) is 18.2 Å². The van der Waals surface area contributed by atoms with Gasteiger partial charge in [-0.15, -0.1) is 0 Å². The van der Waals surface area contributed by atoms with Gasteiger partial charge in [0.25, 0.3) is 0 Å². The van der Waals surface area contributed by atoms with Crippen LogP contribution in [-0.4, -0.2) is 24.4 Å². The minimum atomic E-state index is -0.159. The zero-order valence-electron chi connectivity index (χ0n) is 11.9. The van der Waals surface area contributed by atoms with Crippen molar-refractivity contribution in [1.82, 2.24) is 5.32 Å². The molecule has 0 radical (unpaired) electrons. The van der Waals surface area contributed by atoms with Gasteiger partial charge in [0.15, 0.2) is 0 Å². The van der Waals surface area contributed by atoms with Crippen LogP contribution in [0.1, 0.15) is 37.8 Å². The van der Waals surface area contributed by atoms with E-state index in [1.165, 1.54) is 5.56 Å². The molecule has 0 unspecified atom stereocenters. The highest BCUT2D eigenvalue weighted by Gasteiger charge is 2.23. The topological polar surface area (TPSA) is 41.5 Å². The molecule has 3 nitrogen and oxygen atoms in total. The number of rotatable bonds is 7. The normalized spacial score (nSPS) is 11.6. The Morgan fingerprint density at radius 1 is 1.28 bits per heavy atom. The number of methoxy groups -OCH3 is 1. The lowest BCUT2D eigenvalue weighted by Crippen LogP contribution is -2.47. The Kier molecular flexibility index (Phi) is 5.63. The predicted molar refractivity (Wildman–Crippen MR) is 75.0 cm³/mol. The van der Waals surface area contributed by atoms with Gasteiger partial charge in [-0.05, 0) is 37.0 Å². The largest absolute Gasteiger partial charge is 0.496 e. The Morgan fingerprint density at radius 2 is 1.94 bits per heavy atom. The molecule has 18 heavy (non-hydrogen) atoms. The fourth-order valence-electron chi connectivity index (χ4n) is 2.12. The molecule has 2 N–H and O–H groups in total. The number of aliphatic hydroxyl groups is 1. The maximum atomic E-state index is 9.51. The Morgan fingerprint density at radius 3 is 2.39 bits per heavy atom. The summed E-state index contributed by atoms with van der Waals surface area (Å²) in [5.41, 5.74) is 2.20. The first-order valence-corrected chi connectivity index (χ1v) is 6.60. The van der Waals surface area contributed by atoms with Crippen LogP contribution in [0.3, 0.4) is 0 Å². The first-order chi connectivity index (χ1) is 8.60. The van der Waals surface area contributed by atoms with Gasteiger partial charge in [0.2, 0.25) is 0 Å². The fourth-order valence-corrected chi connectivity index (χ4v) is 2.12. The summed E-state index contributed by atoms with van der Waals surface area (Å²) in [5, 5.41) is 13.0. The van der Waals surface area contributed by atoms with E-state index in [2.05, 4.69) is 31.3 Å². The third-order valence-electron chi connectivity index (χ3n) is 3.78. The standard InChI is InChI=1S/C15H25NO2/c1-5-15(6-2,11-17)16-10-13-7-8-14(18-4)12(3)9-13/h7-9,16-17H,5-6,10-11H2,1-4H3. The Bertz CT molecular complexity index is 364. The molecule has 0 fully saturated rings. The zero-order chi connectivity index (χ0) is 13.6.